The monoisotopic (exact) mass is 361 g/mol. The molecule has 5 aliphatic rings. The molecule has 5 saturated carbocycles. The summed E-state index contributed by atoms with van der Waals surface area (Å²) in [4.78, 5) is 28.5. The van der Waals surface area contributed by atoms with Crippen molar-refractivity contribution in [1.29, 1.82) is 0 Å². The first-order valence-corrected chi connectivity index (χ1v) is 10.4. The Morgan fingerprint density at radius 2 is 1.70 bits per heavy atom. The highest BCUT2D eigenvalue weighted by atomic mass is 16.2. The molecule has 0 saturated heterocycles. The van der Waals surface area contributed by atoms with E-state index in [0.717, 1.165) is 52.0 Å². The van der Waals surface area contributed by atoms with Gasteiger partial charge < -0.3 is 4.98 Å². The Balaban J connectivity index is 1.04. The molecular formula is C22H23N3O2. The predicted octanol–water partition coefficient (Wildman–Crippen LogP) is 2.25. The number of nitrogens with one attached hydrogen (secondary N) is 3. The maximum absolute atomic E-state index is 12.9. The van der Waals surface area contributed by atoms with E-state index in [4.69, 9.17) is 0 Å². The molecule has 0 radical (unpaired) electrons. The van der Waals surface area contributed by atoms with Crippen LogP contribution in [0.25, 0.3) is 10.9 Å². The van der Waals surface area contributed by atoms with Crippen molar-refractivity contribution in [3.8, 4) is 0 Å². The van der Waals surface area contributed by atoms with E-state index in [1.807, 2.05) is 30.5 Å². The Morgan fingerprint density at radius 1 is 0.926 bits per heavy atom. The number of hydrogen-bond donors (Lipinski definition) is 3. The van der Waals surface area contributed by atoms with Gasteiger partial charge in [-0.15, -0.1) is 0 Å². The number of hydrogen-bond acceptors (Lipinski definition) is 2. The number of aromatic amines is 1. The second kappa shape index (κ2) is 4.75. The fraction of sp³-hybridized carbons (Fsp3) is 0.545. The normalized spacial score (nSPS) is 44.1. The summed E-state index contributed by atoms with van der Waals surface area (Å²) >= 11 is 0. The molecule has 1 heterocycles. The Kier molecular flexibility index (Phi) is 2.59. The van der Waals surface area contributed by atoms with E-state index >= 15 is 0 Å². The number of carbonyl (C=O) groups is 2. The van der Waals surface area contributed by atoms with Gasteiger partial charge in [0.15, 0.2) is 0 Å². The van der Waals surface area contributed by atoms with Crippen LogP contribution in [-0.4, -0.2) is 16.8 Å². The maximum atomic E-state index is 12.9. The Bertz CT molecular complexity index is 990. The van der Waals surface area contributed by atoms with Gasteiger partial charge in [-0.1, -0.05) is 18.2 Å². The molecule has 9 atom stereocenters. The topological polar surface area (TPSA) is 74.0 Å². The molecule has 5 nitrogen and oxygen atoms in total. The maximum Gasteiger partial charge on any atom is 0.242 e. The zero-order valence-corrected chi connectivity index (χ0v) is 15.0. The lowest BCUT2D eigenvalue weighted by Gasteiger charge is -2.47. The van der Waals surface area contributed by atoms with Crippen LogP contribution in [0.5, 0.6) is 0 Å². The molecule has 7 rings (SSSR count). The molecule has 5 aliphatic carbocycles. The molecule has 5 fully saturated rings. The molecule has 0 spiro atoms. The molecule has 5 heteroatoms. The van der Waals surface area contributed by atoms with Crippen LogP contribution in [0.4, 0.5) is 0 Å². The van der Waals surface area contributed by atoms with Gasteiger partial charge in [-0.25, -0.2) is 0 Å². The number of amides is 2. The van der Waals surface area contributed by atoms with Crippen molar-refractivity contribution in [3.63, 3.8) is 0 Å². The summed E-state index contributed by atoms with van der Waals surface area (Å²) in [5.74, 6) is 6.43. The molecule has 1 aromatic heterocycles. The highest BCUT2D eigenvalue weighted by molar-refractivity contribution is 5.90. The second-order valence-electron chi connectivity index (χ2n) is 9.54. The van der Waals surface area contributed by atoms with E-state index in [2.05, 4.69) is 15.8 Å². The van der Waals surface area contributed by atoms with Crippen molar-refractivity contribution >= 4 is 22.7 Å². The van der Waals surface area contributed by atoms with E-state index in [9.17, 15) is 9.59 Å². The van der Waals surface area contributed by atoms with Crippen LogP contribution in [0, 0.1) is 53.3 Å². The van der Waals surface area contributed by atoms with Crippen molar-refractivity contribution < 1.29 is 9.59 Å². The van der Waals surface area contributed by atoms with E-state index < -0.39 is 0 Å². The molecule has 2 bridgehead atoms. The highest BCUT2D eigenvalue weighted by Gasteiger charge is 2.81. The van der Waals surface area contributed by atoms with Crippen LogP contribution < -0.4 is 10.9 Å². The number of rotatable bonds is 3. The van der Waals surface area contributed by atoms with Crippen molar-refractivity contribution in [3.05, 3.63) is 36.0 Å². The van der Waals surface area contributed by atoms with Gasteiger partial charge in [-0.05, 0) is 71.8 Å². The van der Waals surface area contributed by atoms with E-state index in [-0.39, 0.29) is 24.2 Å². The number of para-hydroxylation sites is 1. The summed E-state index contributed by atoms with van der Waals surface area (Å²) in [7, 11) is 0. The van der Waals surface area contributed by atoms with Crippen molar-refractivity contribution in [2.75, 3.05) is 0 Å². The number of carbonyl (C=O) groups excluding carboxylic acids is 2. The lowest BCUT2D eigenvalue weighted by molar-refractivity contribution is -0.136. The molecule has 2 aromatic rings. The van der Waals surface area contributed by atoms with Crippen LogP contribution in [0.1, 0.15) is 18.4 Å². The third-order valence-electron chi connectivity index (χ3n) is 8.98. The van der Waals surface area contributed by atoms with Gasteiger partial charge in [-0.3, -0.25) is 20.4 Å². The Hall–Kier alpha value is -2.30. The van der Waals surface area contributed by atoms with Crippen molar-refractivity contribution in [2.24, 2.45) is 53.3 Å². The average molecular weight is 361 g/mol. The first kappa shape index (κ1) is 14.7. The van der Waals surface area contributed by atoms with Crippen molar-refractivity contribution in [2.45, 2.75) is 19.3 Å². The SMILES string of the molecule is O=C(Cc1c[nH]c2ccccc12)NNC(=O)C1C2C3CC4C5C3CC2C5C41. The fourth-order valence-corrected chi connectivity index (χ4v) is 8.53. The summed E-state index contributed by atoms with van der Waals surface area (Å²) in [6.45, 7) is 0. The number of fused-ring (bicyclic) bond motifs is 3. The van der Waals surface area contributed by atoms with Gasteiger partial charge in [0.2, 0.25) is 11.8 Å². The van der Waals surface area contributed by atoms with E-state index in [0.29, 0.717) is 11.8 Å². The first-order valence-electron chi connectivity index (χ1n) is 10.4. The fourth-order valence-electron chi connectivity index (χ4n) is 8.53. The van der Waals surface area contributed by atoms with Gasteiger partial charge in [0.1, 0.15) is 0 Å². The minimum atomic E-state index is -0.157. The molecule has 138 valence electrons. The van der Waals surface area contributed by atoms with Gasteiger partial charge in [0, 0.05) is 23.0 Å². The largest absolute Gasteiger partial charge is 0.361 e. The van der Waals surface area contributed by atoms with Crippen molar-refractivity contribution in [1.82, 2.24) is 15.8 Å². The summed E-state index contributed by atoms with van der Waals surface area (Å²) < 4.78 is 0. The Labute approximate surface area is 157 Å². The first-order chi connectivity index (χ1) is 13.2. The zero-order valence-electron chi connectivity index (χ0n) is 15.0. The van der Waals surface area contributed by atoms with Crippen LogP contribution in [0.3, 0.4) is 0 Å². The van der Waals surface area contributed by atoms with Crippen LogP contribution in [-0.2, 0) is 16.0 Å². The van der Waals surface area contributed by atoms with Gasteiger partial charge in [0.25, 0.3) is 0 Å². The summed E-state index contributed by atoms with van der Waals surface area (Å²) in [6.07, 6.45) is 4.91. The summed E-state index contributed by atoms with van der Waals surface area (Å²) in [6, 6.07) is 7.96. The van der Waals surface area contributed by atoms with Gasteiger partial charge in [-0.2, -0.15) is 0 Å². The standard InChI is InChI=1S/C22H23N3O2/c26-16(5-9-8-23-15-4-2-1-3-10(9)15)24-25-22(27)21-18-12-7-13-17-11(12)6-14(18)19(17)20(13)21/h1-4,8,11-14,17-21,23H,5-7H2,(H,24,26)(H,25,27). The highest BCUT2D eigenvalue weighted by Crippen LogP contribution is 2.84. The lowest BCUT2D eigenvalue weighted by atomic mass is 9.57. The molecule has 0 aliphatic heterocycles. The Morgan fingerprint density at radius 3 is 2.59 bits per heavy atom. The third-order valence-corrected chi connectivity index (χ3v) is 8.98. The van der Waals surface area contributed by atoms with E-state index in [1.165, 1.54) is 12.8 Å². The zero-order chi connectivity index (χ0) is 17.9. The van der Waals surface area contributed by atoms with Gasteiger partial charge >= 0.3 is 0 Å². The van der Waals surface area contributed by atoms with Crippen LogP contribution >= 0.6 is 0 Å². The molecule has 2 amide bonds. The molecular weight excluding hydrogens is 338 g/mol. The molecule has 27 heavy (non-hydrogen) atoms. The second-order valence-corrected chi connectivity index (χ2v) is 9.54. The number of benzene rings is 1. The minimum Gasteiger partial charge on any atom is -0.361 e. The number of hydrazine groups is 1. The minimum absolute atomic E-state index is 0.0699. The average Bonchev–Trinajstić information content (AvgIpc) is 3.34. The van der Waals surface area contributed by atoms with E-state index in [1.54, 1.807) is 0 Å². The summed E-state index contributed by atoms with van der Waals surface area (Å²) in [5, 5.41) is 1.06. The van der Waals surface area contributed by atoms with Crippen LogP contribution in [0.15, 0.2) is 30.5 Å². The molecule has 9 unspecified atom stereocenters. The number of aromatic nitrogens is 1. The predicted molar refractivity (Wildman–Crippen MR) is 98.9 cm³/mol. The summed E-state index contributed by atoms with van der Waals surface area (Å²) in [5.41, 5.74) is 7.45. The molecule has 1 aromatic carbocycles. The lowest BCUT2D eigenvalue weighted by Crippen LogP contribution is -2.52. The number of H-pyrrole nitrogens is 1. The molecule has 3 N–H and O–H groups in total. The van der Waals surface area contributed by atoms with Crippen LogP contribution in [0.2, 0.25) is 0 Å². The van der Waals surface area contributed by atoms with Gasteiger partial charge in [0.05, 0.1) is 6.42 Å². The third kappa shape index (κ3) is 1.63. The quantitative estimate of drug-likeness (QED) is 0.734. The smallest absolute Gasteiger partial charge is 0.242 e.